The SMILES string of the molecule is CCCS(=O)(=O)c1c(S(=O)(=O)CCC)c2c3ccccc3ccn2c1C(=O)c1ccc(OC)c(OC)c1. The summed E-state index contributed by atoms with van der Waals surface area (Å²) < 4.78 is 66.8. The topological polar surface area (TPSA) is 108 Å². The van der Waals surface area contributed by atoms with Crippen LogP contribution in [0.25, 0.3) is 16.3 Å². The maximum Gasteiger partial charge on any atom is 0.211 e. The zero-order chi connectivity index (χ0) is 27.0. The summed E-state index contributed by atoms with van der Waals surface area (Å²) >= 11 is 0. The average Bonchev–Trinajstić information content (AvgIpc) is 3.25. The van der Waals surface area contributed by atoms with Crippen molar-refractivity contribution in [1.82, 2.24) is 4.40 Å². The van der Waals surface area contributed by atoms with E-state index in [1.807, 2.05) is 12.1 Å². The first-order valence-corrected chi connectivity index (χ1v) is 15.2. The molecule has 2 aromatic carbocycles. The third-order valence-electron chi connectivity index (χ3n) is 6.17. The van der Waals surface area contributed by atoms with E-state index < -0.39 is 30.4 Å². The largest absolute Gasteiger partial charge is 0.493 e. The van der Waals surface area contributed by atoms with E-state index in [0.29, 0.717) is 11.1 Å². The first kappa shape index (κ1) is 26.7. The summed E-state index contributed by atoms with van der Waals surface area (Å²) in [7, 11) is -5.35. The number of sulfone groups is 2. The van der Waals surface area contributed by atoms with E-state index in [-0.39, 0.29) is 51.8 Å². The van der Waals surface area contributed by atoms with Crippen LogP contribution in [0.4, 0.5) is 0 Å². The molecule has 0 atom stereocenters. The molecule has 0 spiro atoms. The summed E-state index contributed by atoms with van der Waals surface area (Å²) in [4.78, 5) is 13.3. The van der Waals surface area contributed by atoms with Crippen molar-refractivity contribution in [2.45, 2.75) is 36.5 Å². The number of nitrogens with zero attached hydrogens (tertiary/aromatic N) is 1. The van der Waals surface area contributed by atoms with Gasteiger partial charge in [0.2, 0.25) is 5.78 Å². The highest BCUT2D eigenvalue weighted by atomic mass is 32.2. The van der Waals surface area contributed by atoms with E-state index in [2.05, 4.69) is 0 Å². The van der Waals surface area contributed by atoms with Crippen molar-refractivity contribution in [3.05, 3.63) is 66.0 Å². The molecule has 2 aromatic heterocycles. The van der Waals surface area contributed by atoms with Crippen molar-refractivity contribution in [1.29, 1.82) is 0 Å². The normalized spacial score (nSPS) is 12.2. The van der Waals surface area contributed by atoms with Gasteiger partial charge in [-0.25, -0.2) is 16.8 Å². The fourth-order valence-corrected chi connectivity index (χ4v) is 8.60. The lowest BCUT2D eigenvalue weighted by Crippen LogP contribution is -2.17. The van der Waals surface area contributed by atoms with Gasteiger partial charge in [0.05, 0.1) is 31.2 Å². The predicted octanol–water partition coefficient (Wildman–Crippen LogP) is 4.71. The van der Waals surface area contributed by atoms with Crippen LogP contribution < -0.4 is 9.47 Å². The third kappa shape index (κ3) is 4.59. The lowest BCUT2D eigenvalue weighted by Gasteiger charge is -2.11. The number of aromatic nitrogens is 1. The maximum atomic E-state index is 14.1. The first-order chi connectivity index (χ1) is 17.6. The number of rotatable bonds is 10. The number of methoxy groups -OCH3 is 2. The van der Waals surface area contributed by atoms with Crippen molar-refractivity contribution in [3.63, 3.8) is 0 Å². The highest BCUT2D eigenvalue weighted by molar-refractivity contribution is 7.94. The Bertz CT molecular complexity index is 1720. The molecule has 0 bridgehead atoms. The number of hydrogen-bond acceptors (Lipinski definition) is 7. The molecule has 0 aliphatic carbocycles. The van der Waals surface area contributed by atoms with Gasteiger partial charge in [0.1, 0.15) is 15.5 Å². The van der Waals surface area contributed by atoms with Crippen LogP contribution in [0.15, 0.2) is 64.5 Å². The molecule has 0 radical (unpaired) electrons. The highest BCUT2D eigenvalue weighted by Crippen LogP contribution is 2.39. The molecule has 8 nitrogen and oxygen atoms in total. The van der Waals surface area contributed by atoms with Crippen molar-refractivity contribution in [2.24, 2.45) is 0 Å². The van der Waals surface area contributed by atoms with Gasteiger partial charge in [-0.3, -0.25) is 4.79 Å². The van der Waals surface area contributed by atoms with E-state index in [9.17, 15) is 21.6 Å². The van der Waals surface area contributed by atoms with Crippen LogP contribution >= 0.6 is 0 Å². The Morgan fingerprint density at radius 1 is 0.811 bits per heavy atom. The van der Waals surface area contributed by atoms with Crippen molar-refractivity contribution in [3.8, 4) is 11.5 Å². The molecular formula is C27H29NO7S2. The number of fused-ring (bicyclic) bond motifs is 3. The number of carbonyl (C=O) groups is 1. The fraction of sp³-hybridized carbons (Fsp3) is 0.296. The van der Waals surface area contributed by atoms with Crippen molar-refractivity contribution in [2.75, 3.05) is 25.7 Å². The molecule has 0 saturated carbocycles. The van der Waals surface area contributed by atoms with Crippen molar-refractivity contribution < 1.29 is 31.1 Å². The van der Waals surface area contributed by atoms with Crippen LogP contribution in [0.5, 0.6) is 11.5 Å². The Balaban J connectivity index is 2.22. The van der Waals surface area contributed by atoms with Gasteiger partial charge >= 0.3 is 0 Å². The van der Waals surface area contributed by atoms with Crippen LogP contribution in [-0.2, 0) is 19.7 Å². The summed E-state index contributed by atoms with van der Waals surface area (Å²) in [6.07, 6.45) is 2.10. The van der Waals surface area contributed by atoms with E-state index in [1.54, 1.807) is 44.3 Å². The number of carbonyl (C=O) groups excluding carboxylic acids is 1. The van der Waals surface area contributed by atoms with Gasteiger partial charge in [-0.15, -0.1) is 0 Å². The van der Waals surface area contributed by atoms with E-state index in [4.69, 9.17) is 9.47 Å². The van der Waals surface area contributed by atoms with E-state index >= 15 is 0 Å². The minimum Gasteiger partial charge on any atom is -0.493 e. The van der Waals surface area contributed by atoms with E-state index in [1.165, 1.54) is 30.8 Å². The molecule has 2 heterocycles. The summed E-state index contributed by atoms with van der Waals surface area (Å²) in [5.74, 6) is -0.512. The second-order valence-corrected chi connectivity index (χ2v) is 12.8. The highest BCUT2D eigenvalue weighted by Gasteiger charge is 2.38. The number of ketones is 1. The minimum atomic E-state index is -4.16. The maximum absolute atomic E-state index is 14.1. The van der Waals surface area contributed by atoms with Gasteiger partial charge in [0, 0.05) is 17.1 Å². The average molecular weight is 544 g/mol. The van der Waals surface area contributed by atoms with Gasteiger partial charge in [0.15, 0.2) is 31.2 Å². The number of pyridine rings is 1. The molecule has 0 unspecified atom stereocenters. The third-order valence-corrected chi connectivity index (χ3v) is 10.2. The van der Waals surface area contributed by atoms with Crippen LogP contribution in [0.3, 0.4) is 0 Å². The molecule has 0 amide bonds. The zero-order valence-electron chi connectivity index (χ0n) is 21.1. The molecule has 196 valence electrons. The van der Waals surface area contributed by atoms with Gasteiger partial charge in [-0.05, 0) is 42.5 Å². The van der Waals surface area contributed by atoms with Crippen LogP contribution in [0, 0.1) is 0 Å². The molecule has 0 aliphatic rings. The molecule has 4 aromatic rings. The molecule has 10 heteroatoms. The molecule has 0 aliphatic heterocycles. The summed E-state index contributed by atoms with van der Waals surface area (Å²) in [6.45, 7) is 3.41. The smallest absolute Gasteiger partial charge is 0.211 e. The Labute approximate surface area is 216 Å². The second kappa shape index (κ2) is 10.2. The Morgan fingerprint density at radius 3 is 2.05 bits per heavy atom. The number of ether oxygens (including phenoxy) is 2. The predicted molar refractivity (Wildman–Crippen MR) is 143 cm³/mol. The molecule has 0 saturated heterocycles. The van der Waals surface area contributed by atoms with Gasteiger partial charge in [-0.1, -0.05) is 38.1 Å². The van der Waals surface area contributed by atoms with Gasteiger partial charge < -0.3 is 13.9 Å². The Morgan fingerprint density at radius 2 is 1.43 bits per heavy atom. The fourth-order valence-electron chi connectivity index (χ4n) is 4.60. The number of hydrogen-bond donors (Lipinski definition) is 0. The Hall–Kier alpha value is -3.37. The summed E-state index contributed by atoms with van der Waals surface area (Å²) in [6, 6.07) is 13.4. The van der Waals surface area contributed by atoms with Crippen LogP contribution in [0.2, 0.25) is 0 Å². The minimum absolute atomic E-state index is 0.137. The monoisotopic (exact) mass is 543 g/mol. The van der Waals surface area contributed by atoms with Crippen molar-refractivity contribution >= 4 is 41.7 Å². The Kier molecular flexibility index (Phi) is 7.34. The molecule has 37 heavy (non-hydrogen) atoms. The van der Waals surface area contributed by atoms with E-state index in [0.717, 1.165) is 5.39 Å². The zero-order valence-corrected chi connectivity index (χ0v) is 22.8. The second-order valence-electron chi connectivity index (χ2n) is 8.67. The molecular weight excluding hydrogens is 514 g/mol. The van der Waals surface area contributed by atoms with Crippen LogP contribution in [0.1, 0.15) is 42.7 Å². The van der Waals surface area contributed by atoms with Gasteiger partial charge in [-0.2, -0.15) is 0 Å². The summed E-state index contributed by atoms with van der Waals surface area (Å²) in [5, 5.41) is 1.27. The van der Waals surface area contributed by atoms with Crippen LogP contribution in [-0.4, -0.2) is 52.7 Å². The molecule has 0 fully saturated rings. The molecule has 4 rings (SSSR count). The lowest BCUT2D eigenvalue weighted by atomic mass is 10.1. The first-order valence-electron chi connectivity index (χ1n) is 11.9. The lowest BCUT2D eigenvalue weighted by molar-refractivity contribution is 0.103. The summed E-state index contributed by atoms with van der Waals surface area (Å²) in [5.41, 5.74) is 0.110. The number of benzene rings is 2. The van der Waals surface area contributed by atoms with Gasteiger partial charge in [0.25, 0.3) is 0 Å². The standard InChI is InChI=1S/C27H29NO7S2/c1-5-15-36(30,31)26-23-20-10-8-7-9-18(20)13-14-28(23)24(27(26)37(32,33)16-6-2)25(29)19-11-12-21(34-3)22(17-19)35-4/h7-14,17H,5-6,15-16H2,1-4H3. The molecule has 0 N–H and O–H groups in total. The quantitative estimate of drug-likeness (QED) is 0.267.